The first-order valence-electron chi connectivity index (χ1n) is 8.34. The zero-order chi connectivity index (χ0) is 18.2. The summed E-state index contributed by atoms with van der Waals surface area (Å²) in [7, 11) is 0. The molecule has 5 nitrogen and oxygen atoms in total. The van der Waals surface area contributed by atoms with E-state index in [4.69, 9.17) is 16.0 Å². The summed E-state index contributed by atoms with van der Waals surface area (Å²) in [4.78, 5) is 23.9. The highest BCUT2D eigenvalue weighted by Crippen LogP contribution is 2.23. The maximum Gasteiger partial charge on any atom is 0.286 e. The molecular weight excluding hydrogens is 340 g/mol. The van der Waals surface area contributed by atoms with Crippen molar-refractivity contribution < 1.29 is 14.0 Å². The standard InChI is InChI=1S/C19H23ClN2O3/c1-13(2)18(14-7-9-15(20)10-8-14)22-17(23)6-3-11-21-19(24)16-5-4-12-25-16/h4-5,7-10,12-13,18H,3,6,11H2,1-2H3,(H,21,24)(H,22,23)/t18-/m0/s1. The van der Waals surface area contributed by atoms with Crippen molar-refractivity contribution in [2.75, 3.05) is 6.54 Å². The number of nitrogens with one attached hydrogen (secondary N) is 2. The Morgan fingerprint density at radius 2 is 1.88 bits per heavy atom. The van der Waals surface area contributed by atoms with Crippen molar-refractivity contribution in [1.82, 2.24) is 10.6 Å². The third-order valence-electron chi connectivity index (χ3n) is 3.82. The van der Waals surface area contributed by atoms with Crippen LogP contribution in [0.15, 0.2) is 47.1 Å². The average Bonchev–Trinajstić information content (AvgIpc) is 3.12. The van der Waals surface area contributed by atoms with Crippen molar-refractivity contribution in [2.24, 2.45) is 5.92 Å². The molecule has 0 radical (unpaired) electrons. The van der Waals surface area contributed by atoms with Crippen LogP contribution in [0.25, 0.3) is 0 Å². The quantitative estimate of drug-likeness (QED) is 0.698. The number of furan rings is 1. The number of hydrogen-bond donors (Lipinski definition) is 2. The number of amides is 2. The van der Waals surface area contributed by atoms with Gasteiger partial charge in [0.05, 0.1) is 12.3 Å². The molecule has 25 heavy (non-hydrogen) atoms. The van der Waals surface area contributed by atoms with E-state index < -0.39 is 0 Å². The van der Waals surface area contributed by atoms with Crippen LogP contribution in [-0.2, 0) is 4.79 Å². The van der Waals surface area contributed by atoms with Crippen molar-refractivity contribution in [3.63, 3.8) is 0 Å². The normalized spacial score (nSPS) is 12.0. The lowest BCUT2D eigenvalue weighted by atomic mass is 9.96. The van der Waals surface area contributed by atoms with E-state index in [2.05, 4.69) is 24.5 Å². The Morgan fingerprint density at radius 3 is 2.48 bits per heavy atom. The molecule has 1 atom stereocenters. The Hall–Kier alpha value is -2.27. The Balaban J connectivity index is 1.77. The van der Waals surface area contributed by atoms with Crippen molar-refractivity contribution >= 4 is 23.4 Å². The third kappa shape index (κ3) is 5.94. The van der Waals surface area contributed by atoms with E-state index in [9.17, 15) is 9.59 Å². The maximum absolute atomic E-state index is 12.2. The molecule has 2 amide bonds. The molecule has 0 unspecified atom stereocenters. The van der Waals surface area contributed by atoms with Crippen LogP contribution in [0.3, 0.4) is 0 Å². The second-order valence-electron chi connectivity index (χ2n) is 6.18. The van der Waals surface area contributed by atoms with Gasteiger partial charge < -0.3 is 15.1 Å². The molecule has 1 heterocycles. The summed E-state index contributed by atoms with van der Waals surface area (Å²) in [6.45, 7) is 4.53. The second kappa shape index (κ2) is 9.28. The van der Waals surface area contributed by atoms with Gasteiger partial charge in [-0.1, -0.05) is 37.6 Å². The minimum Gasteiger partial charge on any atom is -0.459 e. The number of carbonyl (C=O) groups excluding carboxylic acids is 2. The Labute approximate surface area is 152 Å². The van der Waals surface area contributed by atoms with Crippen LogP contribution in [0.4, 0.5) is 0 Å². The number of carbonyl (C=O) groups is 2. The fraction of sp³-hybridized carbons (Fsp3) is 0.368. The summed E-state index contributed by atoms with van der Waals surface area (Å²) in [6, 6.07) is 10.7. The van der Waals surface area contributed by atoms with E-state index >= 15 is 0 Å². The van der Waals surface area contributed by atoms with Crippen LogP contribution in [0.1, 0.15) is 48.8 Å². The van der Waals surface area contributed by atoms with Gasteiger partial charge in [-0.3, -0.25) is 9.59 Å². The van der Waals surface area contributed by atoms with Gasteiger partial charge in [-0.25, -0.2) is 0 Å². The lowest BCUT2D eigenvalue weighted by Crippen LogP contribution is -2.32. The molecule has 0 bridgehead atoms. The predicted molar refractivity (Wildman–Crippen MR) is 97.4 cm³/mol. The number of halogens is 1. The van der Waals surface area contributed by atoms with E-state index in [0.717, 1.165) is 5.56 Å². The SMILES string of the molecule is CC(C)[C@H](NC(=O)CCCNC(=O)c1ccco1)c1ccc(Cl)cc1. The fourth-order valence-corrected chi connectivity index (χ4v) is 2.62. The van der Waals surface area contributed by atoms with E-state index in [0.29, 0.717) is 24.4 Å². The predicted octanol–water partition coefficient (Wildman–Crippen LogP) is 3.96. The second-order valence-corrected chi connectivity index (χ2v) is 6.61. The highest BCUT2D eigenvalue weighted by molar-refractivity contribution is 6.30. The van der Waals surface area contributed by atoms with Crippen LogP contribution >= 0.6 is 11.6 Å². The highest BCUT2D eigenvalue weighted by atomic mass is 35.5. The first-order chi connectivity index (χ1) is 12.0. The minimum absolute atomic E-state index is 0.0408. The van der Waals surface area contributed by atoms with Crippen molar-refractivity contribution in [2.45, 2.75) is 32.7 Å². The molecular formula is C19H23ClN2O3. The number of hydrogen-bond acceptors (Lipinski definition) is 3. The topological polar surface area (TPSA) is 71.3 Å². The first kappa shape index (κ1) is 19.1. The third-order valence-corrected chi connectivity index (χ3v) is 4.08. The largest absolute Gasteiger partial charge is 0.459 e. The highest BCUT2D eigenvalue weighted by Gasteiger charge is 2.18. The molecule has 2 aromatic rings. The van der Waals surface area contributed by atoms with Gasteiger partial charge in [0, 0.05) is 18.0 Å². The molecule has 0 aliphatic carbocycles. The molecule has 0 saturated carbocycles. The van der Waals surface area contributed by atoms with Crippen LogP contribution < -0.4 is 10.6 Å². The molecule has 2 rings (SSSR count). The molecule has 2 N–H and O–H groups in total. The van der Waals surface area contributed by atoms with E-state index in [1.54, 1.807) is 12.1 Å². The zero-order valence-corrected chi connectivity index (χ0v) is 15.2. The molecule has 134 valence electrons. The van der Waals surface area contributed by atoms with Crippen molar-refractivity contribution in [3.8, 4) is 0 Å². The van der Waals surface area contributed by atoms with Crippen LogP contribution in [0.2, 0.25) is 5.02 Å². The summed E-state index contributed by atoms with van der Waals surface area (Å²) in [6.07, 6.45) is 2.35. The molecule has 0 fully saturated rings. The molecule has 6 heteroatoms. The van der Waals surface area contributed by atoms with E-state index in [1.807, 2.05) is 24.3 Å². The molecule has 0 saturated heterocycles. The molecule has 0 spiro atoms. The number of benzene rings is 1. The lowest BCUT2D eigenvalue weighted by Gasteiger charge is -2.23. The zero-order valence-electron chi connectivity index (χ0n) is 14.4. The summed E-state index contributed by atoms with van der Waals surface area (Å²) < 4.78 is 5.01. The van der Waals surface area contributed by atoms with Crippen LogP contribution in [0.5, 0.6) is 0 Å². The Morgan fingerprint density at radius 1 is 1.16 bits per heavy atom. The molecule has 0 aliphatic rings. The van der Waals surface area contributed by atoms with Gasteiger partial charge in [0.15, 0.2) is 5.76 Å². The monoisotopic (exact) mass is 362 g/mol. The van der Waals surface area contributed by atoms with Gasteiger partial charge in [-0.2, -0.15) is 0 Å². The first-order valence-corrected chi connectivity index (χ1v) is 8.71. The molecule has 1 aromatic carbocycles. The smallest absolute Gasteiger partial charge is 0.286 e. The van der Waals surface area contributed by atoms with Gasteiger partial charge in [-0.05, 0) is 42.2 Å². The van der Waals surface area contributed by atoms with Gasteiger partial charge in [-0.15, -0.1) is 0 Å². The summed E-state index contributed by atoms with van der Waals surface area (Å²) >= 11 is 5.92. The van der Waals surface area contributed by atoms with E-state index in [1.165, 1.54) is 6.26 Å². The van der Waals surface area contributed by atoms with Crippen molar-refractivity contribution in [3.05, 3.63) is 59.0 Å². The van der Waals surface area contributed by atoms with Crippen LogP contribution in [-0.4, -0.2) is 18.4 Å². The maximum atomic E-state index is 12.2. The van der Waals surface area contributed by atoms with Gasteiger partial charge in [0.1, 0.15) is 0 Å². The summed E-state index contributed by atoms with van der Waals surface area (Å²) in [5.41, 5.74) is 1.03. The van der Waals surface area contributed by atoms with Gasteiger partial charge in [0.2, 0.25) is 5.91 Å². The Kier molecular flexibility index (Phi) is 7.07. The summed E-state index contributed by atoms with van der Waals surface area (Å²) in [5, 5.41) is 6.45. The molecule has 1 aromatic heterocycles. The Bertz CT molecular complexity index is 681. The molecule has 0 aliphatic heterocycles. The summed E-state index contributed by atoms with van der Waals surface area (Å²) in [5.74, 6) is 0.211. The fourth-order valence-electron chi connectivity index (χ4n) is 2.50. The van der Waals surface area contributed by atoms with E-state index in [-0.39, 0.29) is 29.5 Å². The number of rotatable bonds is 8. The van der Waals surface area contributed by atoms with Crippen LogP contribution in [0, 0.1) is 5.92 Å². The average molecular weight is 363 g/mol. The minimum atomic E-state index is -0.272. The van der Waals surface area contributed by atoms with Crippen molar-refractivity contribution in [1.29, 1.82) is 0 Å². The van der Waals surface area contributed by atoms with Gasteiger partial charge >= 0.3 is 0 Å². The lowest BCUT2D eigenvalue weighted by molar-refractivity contribution is -0.122. The van der Waals surface area contributed by atoms with Gasteiger partial charge in [0.25, 0.3) is 5.91 Å².